The first kappa shape index (κ1) is 17.6. The summed E-state index contributed by atoms with van der Waals surface area (Å²) in [5.41, 5.74) is 2.33. The molecule has 2 aliphatic rings. The minimum absolute atomic E-state index is 0.268. The van der Waals surface area contributed by atoms with Crippen molar-refractivity contribution in [2.75, 3.05) is 32.1 Å². The van der Waals surface area contributed by atoms with Crippen molar-refractivity contribution in [2.24, 2.45) is 0 Å². The number of likely N-dealkylation sites (N-methyl/N-ethyl adjacent to an activating group) is 1. The number of hydrogen-bond acceptors (Lipinski definition) is 5. The monoisotopic (exact) mass is 369 g/mol. The summed E-state index contributed by atoms with van der Waals surface area (Å²) >= 11 is 0. The summed E-state index contributed by atoms with van der Waals surface area (Å²) in [6, 6.07) is 7.93. The van der Waals surface area contributed by atoms with Crippen molar-refractivity contribution in [1.82, 2.24) is 9.88 Å². The Bertz CT molecular complexity index is 966. The van der Waals surface area contributed by atoms with E-state index in [-0.39, 0.29) is 11.7 Å². The molecule has 0 aliphatic carbocycles. The van der Waals surface area contributed by atoms with Crippen LogP contribution in [0.1, 0.15) is 35.4 Å². The maximum atomic E-state index is 12.1. The minimum atomic E-state index is -1.24. The van der Waals surface area contributed by atoms with Crippen molar-refractivity contribution in [3.05, 3.63) is 45.7 Å². The molecule has 1 saturated heterocycles. The SMILES string of the molecule is CC1Oc2cc(N3CCC(N(C)C)C3)ccc2-c2[nH]c(=O)c(C(=O)O)cc21. The fraction of sp³-hybridized carbons (Fsp3) is 0.400. The molecule has 0 radical (unpaired) electrons. The third-order valence-electron chi connectivity index (χ3n) is 5.54. The van der Waals surface area contributed by atoms with Crippen molar-refractivity contribution < 1.29 is 14.6 Å². The second-order valence-corrected chi connectivity index (χ2v) is 7.44. The largest absolute Gasteiger partial charge is 0.485 e. The van der Waals surface area contributed by atoms with Crippen LogP contribution in [-0.2, 0) is 0 Å². The quantitative estimate of drug-likeness (QED) is 0.864. The highest BCUT2D eigenvalue weighted by Gasteiger charge is 2.29. The Balaban J connectivity index is 1.72. The van der Waals surface area contributed by atoms with Crippen molar-refractivity contribution in [1.29, 1.82) is 0 Å². The van der Waals surface area contributed by atoms with Crippen LogP contribution < -0.4 is 15.2 Å². The standard InChI is InChI=1S/C20H23N3O4/c1-11-15-9-16(20(25)26)19(24)21-18(15)14-5-4-12(8-17(14)27-11)23-7-6-13(10-23)22(2)3/h4-5,8-9,11,13H,6-7,10H2,1-3H3,(H,21,24)(H,25,26). The van der Waals surface area contributed by atoms with Crippen molar-refractivity contribution in [2.45, 2.75) is 25.5 Å². The van der Waals surface area contributed by atoms with Gasteiger partial charge in [0.25, 0.3) is 5.56 Å². The minimum Gasteiger partial charge on any atom is -0.485 e. The van der Waals surface area contributed by atoms with Crippen LogP contribution in [0.5, 0.6) is 5.75 Å². The average molecular weight is 369 g/mol. The lowest BCUT2D eigenvalue weighted by atomic mass is 9.96. The summed E-state index contributed by atoms with van der Waals surface area (Å²) in [5.74, 6) is -0.531. The summed E-state index contributed by atoms with van der Waals surface area (Å²) in [4.78, 5) is 30.7. The van der Waals surface area contributed by atoms with Crippen LogP contribution in [0.2, 0.25) is 0 Å². The normalized spacial score (nSPS) is 21.0. The van der Waals surface area contributed by atoms with Gasteiger partial charge < -0.3 is 24.6 Å². The predicted molar refractivity (Wildman–Crippen MR) is 103 cm³/mol. The molecule has 0 saturated carbocycles. The van der Waals surface area contributed by atoms with Crippen molar-refractivity contribution in [3.63, 3.8) is 0 Å². The van der Waals surface area contributed by atoms with Gasteiger partial charge in [-0.05, 0) is 45.6 Å². The van der Waals surface area contributed by atoms with Gasteiger partial charge in [0.05, 0.1) is 5.69 Å². The van der Waals surface area contributed by atoms with E-state index in [0.717, 1.165) is 30.8 Å². The highest BCUT2D eigenvalue weighted by molar-refractivity contribution is 5.88. The second kappa shape index (κ2) is 6.42. The summed E-state index contributed by atoms with van der Waals surface area (Å²) in [6.45, 7) is 3.82. The Morgan fingerprint density at radius 1 is 1.33 bits per heavy atom. The number of ether oxygens (including phenoxy) is 1. The van der Waals surface area contributed by atoms with Crippen LogP contribution in [0.25, 0.3) is 11.3 Å². The van der Waals surface area contributed by atoms with E-state index in [1.165, 1.54) is 6.07 Å². The summed E-state index contributed by atoms with van der Waals surface area (Å²) in [6.07, 6.45) is 0.779. The Labute approximate surface area is 157 Å². The number of nitrogens with zero attached hydrogens (tertiary/aromatic N) is 2. The molecule has 27 heavy (non-hydrogen) atoms. The van der Waals surface area contributed by atoms with Gasteiger partial charge in [0.15, 0.2) is 0 Å². The molecule has 3 heterocycles. The first-order valence-electron chi connectivity index (χ1n) is 9.08. The smallest absolute Gasteiger partial charge is 0.341 e. The first-order valence-corrected chi connectivity index (χ1v) is 9.08. The zero-order valence-electron chi connectivity index (χ0n) is 15.7. The van der Waals surface area contributed by atoms with Gasteiger partial charge in [-0.2, -0.15) is 0 Å². The molecule has 2 N–H and O–H groups in total. The number of aromatic nitrogens is 1. The Morgan fingerprint density at radius 2 is 2.11 bits per heavy atom. The van der Waals surface area contributed by atoms with Crippen LogP contribution in [-0.4, -0.2) is 54.2 Å². The molecular weight excluding hydrogens is 346 g/mol. The van der Waals surface area contributed by atoms with Gasteiger partial charge in [0.1, 0.15) is 17.4 Å². The molecule has 0 spiro atoms. The number of pyridine rings is 1. The zero-order chi connectivity index (χ0) is 19.3. The number of carbonyl (C=O) groups is 1. The molecule has 4 rings (SSSR count). The third-order valence-corrected chi connectivity index (χ3v) is 5.54. The molecule has 1 aromatic heterocycles. The van der Waals surface area contributed by atoms with Crippen LogP contribution in [0.15, 0.2) is 29.1 Å². The average Bonchev–Trinajstić information content (AvgIpc) is 3.11. The topological polar surface area (TPSA) is 85.9 Å². The van der Waals surface area contributed by atoms with Gasteiger partial charge in [-0.1, -0.05) is 0 Å². The molecule has 2 unspecified atom stereocenters. The van der Waals surface area contributed by atoms with E-state index in [4.69, 9.17) is 4.74 Å². The first-order chi connectivity index (χ1) is 12.8. The van der Waals surface area contributed by atoms with E-state index in [1.807, 2.05) is 25.1 Å². The highest BCUT2D eigenvalue weighted by Crippen LogP contribution is 2.43. The van der Waals surface area contributed by atoms with Gasteiger partial charge in [-0.3, -0.25) is 4.79 Å². The number of aromatic carboxylic acids is 1. The van der Waals surface area contributed by atoms with E-state index in [9.17, 15) is 14.7 Å². The fourth-order valence-electron chi connectivity index (χ4n) is 3.91. The number of H-pyrrole nitrogens is 1. The van der Waals surface area contributed by atoms with Gasteiger partial charge >= 0.3 is 5.97 Å². The highest BCUT2D eigenvalue weighted by atomic mass is 16.5. The molecular formula is C20H23N3O4. The van der Waals surface area contributed by atoms with E-state index >= 15 is 0 Å². The number of nitrogens with one attached hydrogen (secondary N) is 1. The lowest BCUT2D eigenvalue weighted by Gasteiger charge is -2.28. The molecule has 7 heteroatoms. The van der Waals surface area contributed by atoms with Gasteiger partial charge in [-0.15, -0.1) is 0 Å². The van der Waals surface area contributed by atoms with Crippen LogP contribution >= 0.6 is 0 Å². The molecule has 142 valence electrons. The molecule has 0 amide bonds. The number of fused-ring (bicyclic) bond motifs is 3. The van der Waals surface area contributed by atoms with Crippen LogP contribution in [0, 0.1) is 0 Å². The van der Waals surface area contributed by atoms with E-state index in [2.05, 4.69) is 28.9 Å². The molecule has 1 aromatic carbocycles. The third kappa shape index (κ3) is 2.98. The maximum Gasteiger partial charge on any atom is 0.341 e. The van der Waals surface area contributed by atoms with E-state index < -0.39 is 11.5 Å². The van der Waals surface area contributed by atoms with Gasteiger partial charge in [0.2, 0.25) is 0 Å². The number of rotatable bonds is 3. The Morgan fingerprint density at radius 3 is 2.78 bits per heavy atom. The molecule has 2 atom stereocenters. The lowest BCUT2D eigenvalue weighted by Crippen LogP contribution is -2.31. The number of carboxylic acid groups (broad SMARTS) is 1. The van der Waals surface area contributed by atoms with Gasteiger partial charge in [-0.25, -0.2) is 4.79 Å². The molecule has 7 nitrogen and oxygen atoms in total. The predicted octanol–water partition coefficient (Wildman–Crippen LogP) is 2.33. The fourth-order valence-corrected chi connectivity index (χ4v) is 3.91. The summed E-state index contributed by atoms with van der Waals surface area (Å²) < 4.78 is 6.06. The molecule has 0 bridgehead atoms. The Kier molecular flexibility index (Phi) is 4.19. The molecule has 2 aromatic rings. The number of hydrogen-bond donors (Lipinski definition) is 2. The summed E-state index contributed by atoms with van der Waals surface area (Å²) in [5, 5.41) is 9.20. The number of anilines is 1. The lowest BCUT2D eigenvalue weighted by molar-refractivity contribution is 0.0694. The molecule has 2 aliphatic heterocycles. The van der Waals surface area contributed by atoms with E-state index in [1.54, 1.807) is 0 Å². The maximum absolute atomic E-state index is 12.1. The number of benzene rings is 1. The van der Waals surface area contributed by atoms with Crippen molar-refractivity contribution >= 4 is 11.7 Å². The number of aromatic amines is 1. The number of carboxylic acids is 1. The Hall–Kier alpha value is -2.80. The van der Waals surface area contributed by atoms with Crippen molar-refractivity contribution in [3.8, 4) is 17.0 Å². The molecule has 1 fully saturated rings. The van der Waals surface area contributed by atoms with E-state index in [0.29, 0.717) is 23.0 Å². The zero-order valence-corrected chi connectivity index (χ0v) is 15.7. The van der Waals surface area contributed by atoms with Crippen LogP contribution in [0.4, 0.5) is 5.69 Å². The summed E-state index contributed by atoms with van der Waals surface area (Å²) in [7, 11) is 4.20. The van der Waals surface area contributed by atoms with Gasteiger partial charge in [0, 0.05) is 42.0 Å². The van der Waals surface area contributed by atoms with Crippen LogP contribution in [0.3, 0.4) is 0 Å². The second-order valence-electron chi connectivity index (χ2n) is 7.44.